The minimum atomic E-state index is -3.33. The number of fused-ring (bicyclic) bond motifs is 1. The van der Waals surface area contributed by atoms with Crippen molar-refractivity contribution in [2.75, 3.05) is 18.2 Å². The summed E-state index contributed by atoms with van der Waals surface area (Å²) in [4.78, 5) is 12.4. The van der Waals surface area contributed by atoms with Crippen LogP contribution in [0.5, 0.6) is 11.5 Å². The lowest BCUT2D eigenvalue weighted by atomic mass is 10.2. The molecule has 23 heavy (non-hydrogen) atoms. The highest BCUT2D eigenvalue weighted by molar-refractivity contribution is 7.90. The van der Waals surface area contributed by atoms with Gasteiger partial charge in [0, 0.05) is 11.9 Å². The summed E-state index contributed by atoms with van der Waals surface area (Å²) in [7, 11) is -3.33. The molecule has 0 aromatic heterocycles. The number of para-hydroxylation sites is 2. The van der Waals surface area contributed by atoms with Crippen LogP contribution in [0.4, 0.5) is 5.69 Å². The van der Waals surface area contributed by atoms with Crippen molar-refractivity contribution in [2.45, 2.75) is 11.0 Å². The first-order valence-electron chi connectivity index (χ1n) is 6.93. The molecule has 0 spiro atoms. The van der Waals surface area contributed by atoms with Crippen LogP contribution in [0, 0.1) is 0 Å². The largest absolute Gasteiger partial charge is 0.485 e. The average Bonchev–Trinajstić information content (AvgIpc) is 2.54. The van der Waals surface area contributed by atoms with E-state index in [0.29, 0.717) is 17.2 Å². The summed E-state index contributed by atoms with van der Waals surface area (Å²) in [6.07, 6.45) is 0.315. The first-order chi connectivity index (χ1) is 10.9. The first kappa shape index (κ1) is 15.4. The Bertz CT molecular complexity index is 847. The lowest BCUT2D eigenvalue weighted by Gasteiger charge is -2.25. The molecule has 1 heterocycles. The molecule has 0 bridgehead atoms. The van der Waals surface area contributed by atoms with Gasteiger partial charge in [-0.3, -0.25) is 4.79 Å². The van der Waals surface area contributed by atoms with Gasteiger partial charge in [-0.15, -0.1) is 0 Å². The van der Waals surface area contributed by atoms with Crippen LogP contribution < -0.4 is 14.8 Å². The molecule has 0 unspecified atom stereocenters. The van der Waals surface area contributed by atoms with Gasteiger partial charge in [0.05, 0.1) is 4.90 Å². The zero-order valence-electron chi connectivity index (χ0n) is 12.4. The molecule has 1 amide bonds. The SMILES string of the molecule is CS(=O)(=O)c1cccc(NC(=O)[C@@H]2COc3ccccc3O2)c1. The second-order valence-corrected chi connectivity index (χ2v) is 7.17. The molecule has 1 aliphatic heterocycles. The molecule has 0 aliphatic carbocycles. The van der Waals surface area contributed by atoms with E-state index in [2.05, 4.69) is 5.32 Å². The van der Waals surface area contributed by atoms with Gasteiger partial charge in [0.1, 0.15) is 6.61 Å². The summed E-state index contributed by atoms with van der Waals surface area (Å²) in [5.74, 6) is 0.699. The van der Waals surface area contributed by atoms with Crippen LogP contribution in [0.2, 0.25) is 0 Å². The third kappa shape index (κ3) is 3.45. The summed E-state index contributed by atoms with van der Waals surface area (Å²) in [6.45, 7) is 0.0919. The van der Waals surface area contributed by atoms with Crippen LogP contribution >= 0.6 is 0 Å². The fourth-order valence-electron chi connectivity index (χ4n) is 2.18. The van der Waals surface area contributed by atoms with Crippen molar-refractivity contribution in [2.24, 2.45) is 0 Å². The van der Waals surface area contributed by atoms with Gasteiger partial charge in [-0.1, -0.05) is 18.2 Å². The second-order valence-electron chi connectivity index (χ2n) is 5.15. The van der Waals surface area contributed by atoms with Gasteiger partial charge < -0.3 is 14.8 Å². The first-order valence-corrected chi connectivity index (χ1v) is 8.82. The quantitative estimate of drug-likeness (QED) is 0.927. The number of sulfone groups is 1. The molecule has 7 heteroatoms. The molecular weight excluding hydrogens is 318 g/mol. The number of hydrogen-bond donors (Lipinski definition) is 1. The highest BCUT2D eigenvalue weighted by atomic mass is 32.2. The molecule has 0 saturated heterocycles. The van der Waals surface area contributed by atoms with Crippen LogP contribution in [0.3, 0.4) is 0 Å². The summed E-state index contributed by atoms with van der Waals surface area (Å²) in [5, 5.41) is 2.65. The van der Waals surface area contributed by atoms with E-state index in [0.717, 1.165) is 6.26 Å². The monoisotopic (exact) mass is 333 g/mol. The van der Waals surface area contributed by atoms with Crippen LogP contribution in [0.15, 0.2) is 53.4 Å². The third-order valence-corrected chi connectivity index (χ3v) is 4.44. The van der Waals surface area contributed by atoms with E-state index in [1.54, 1.807) is 30.3 Å². The van der Waals surface area contributed by atoms with Crippen molar-refractivity contribution in [1.82, 2.24) is 0 Å². The number of anilines is 1. The van der Waals surface area contributed by atoms with Crippen LogP contribution in [0.25, 0.3) is 0 Å². The van der Waals surface area contributed by atoms with E-state index in [4.69, 9.17) is 9.47 Å². The van der Waals surface area contributed by atoms with E-state index in [-0.39, 0.29) is 11.5 Å². The highest BCUT2D eigenvalue weighted by Gasteiger charge is 2.27. The predicted molar refractivity (Wildman–Crippen MR) is 84.5 cm³/mol. The molecule has 0 radical (unpaired) electrons. The number of rotatable bonds is 3. The zero-order valence-corrected chi connectivity index (χ0v) is 13.2. The maximum Gasteiger partial charge on any atom is 0.269 e. The molecule has 2 aromatic rings. The molecule has 0 saturated carbocycles. The van der Waals surface area contributed by atoms with E-state index in [9.17, 15) is 13.2 Å². The Morgan fingerprint density at radius 3 is 2.61 bits per heavy atom. The van der Waals surface area contributed by atoms with Crippen LogP contribution in [-0.4, -0.2) is 33.3 Å². The van der Waals surface area contributed by atoms with Crippen molar-refractivity contribution in [3.8, 4) is 11.5 Å². The molecular formula is C16H15NO5S. The number of nitrogens with one attached hydrogen (secondary N) is 1. The molecule has 1 aliphatic rings. The molecule has 0 fully saturated rings. The predicted octanol–water partition coefficient (Wildman–Crippen LogP) is 1.87. The minimum absolute atomic E-state index is 0.0919. The van der Waals surface area contributed by atoms with Crippen molar-refractivity contribution >= 4 is 21.4 Å². The van der Waals surface area contributed by atoms with Crippen molar-refractivity contribution < 1.29 is 22.7 Å². The standard InChI is InChI=1S/C16H15NO5S/c1-23(19,20)12-6-4-5-11(9-12)17-16(18)15-10-21-13-7-2-3-8-14(13)22-15/h2-9,15H,10H2,1H3,(H,17,18)/t15-/m0/s1. The van der Waals surface area contributed by atoms with Crippen molar-refractivity contribution in [3.63, 3.8) is 0 Å². The fourth-order valence-corrected chi connectivity index (χ4v) is 2.84. The smallest absolute Gasteiger partial charge is 0.269 e. The summed E-state index contributed by atoms with van der Waals surface area (Å²) >= 11 is 0. The second kappa shape index (κ2) is 5.92. The highest BCUT2D eigenvalue weighted by Crippen LogP contribution is 2.31. The summed E-state index contributed by atoms with van der Waals surface area (Å²) < 4.78 is 34.2. The molecule has 2 aromatic carbocycles. The number of hydrogen-bond acceptors (Lipinski definition) is 5. The van der Waals surface area contributed by atoms with Gasteiger partial charge in [-0.25, -0.2) is 8.42 Å². The Labute approximate surface area is 134 Å². The minimum Gasteiger partial charge on any atom is -0.485 e. The van der Waals surface area contributed by atoms with E-state index in [1.807, 2.05) is 6.07 Å². The van der Waals surface area contributed by atoms with E-state index >= 15 is 0 Å². The Balaban J connectivity index is 1.73. The van der Waals surface area contributed by atoms with Gasteiger partial charge >= 0.3 is 0 Å². The van der Waals surface area contributed by atoms with E-state index in [1.165, 1.54) is 12.1 Å². The van der Waals surface area contributed by atoms with E-state index < -0.39 is 21.8 Å². The zero-order chi connectivity index (χ0) is 16.4. The maximum absolute atomic E-state index is 12.3. The van der Waals surface area contributed by atoms with Gasteiger partial charge in [0.15, 0.2) is 21.3 Å². The normalized spacial score (nSPS) is 16.7. The number of amides is 1. The van der Waals surface area contributed by atoms with Crippen LogP contribution in [-0.2, 0) is 14.6 Å². The number of carbonyl (C=O) groups excluding carboxylic acids is 1. The molecule has 120 valence electrons. The fraction of sp³-hybridized carbons (Fsp3) is 0.188. The molecule has 1 N–H and O–H groups in total. The van der Waals surface area contributed by atoms with Crippen LogP contribution in [0.1, 0.15) is 0 Å². The molecule has 1 atom stereocenters. The number of benzene rings is 2. The van der Waals surface area contributed by atoms with Gasteiger partial charge in [0.2, 0.25) is 6.10 Å². The topological polar surface area (TPSA) is 81.7 Å². The van der Waals surface area contributed by atoms with Gasteiger partial charge in [-0.2, -0.15) is 0 Å². The molecule has 3 rings (SSSR count). The molecule has 6 nitrogen and oxygen atoms in total. The van der Waals surface area contributed by atoms with Gasteiger partial charge in [-0.05, 0) is 30.3 Å². The lowest BCUT2D eigenvalue weighted by molar-refractivity contribution is -0.125. The third-order valence-electron chi connectivity index (χ3n) is 3.33. The Morgan fingerprint density at radius 1 is 1.13 bits per heavy atom. The van der Waals surface area contributed by atoms with Gasteiger partial charge in [0.25, 0.3) is 5.91 Å². The summed E-state index contributed by atoms with van der Waals surface area (Å²) in [6, 6.07) is 13.2. The number of carbonyl (C=O) groups is 1. The van der Waals surface area contributed by atoms with Crippen molar-refractivity contribution in [3.05, 3.63) is 48.5 Å². The number of ether oxygens (including phenoxy) is 2. The Morgan fingerprint density at radius 2 is 1.87 bits per heavy atom. The van der Waals surface area contributed by atoms with Crippen molar-refractivity contribution in [1.29, 1.82) is 0 Å². The Kier molecular flexibility index (Phi) is 3.96. The summed E-state index contributed by atoms with van der Waals surface area (Å²) in [5.41, 5.74) is 0.389. The lowest BCUT2D eigenvalue weighted by Crippen LogP contribution is -2.40. The maximum atomic E-state index is 12.3. The average molecular weight is 333 g/mol. The Hall–Kier alpha value is -2.54.